The number of aryl methyl sites for hydroxylation is 4. The van der Waals surface area contributed by atoms with E-state index < -0.39 is 0 Å². The maximum absolute atomic E-state index is 6.34. The number of ether oxygens (including phenoxy) is 1. The highest BCUT2D eigenvalue weighted by Gasteiger charge is 2.08. The van der Waals surface area contributed by atoms with Crippen LogP contribution in [-0.2, 0) is 25.7 Å². The number of unbranched alkanes of at least 4 members (excludes halogenated alkanes) is 4. The Bertz CT molecular complexity index is 655. The van der Waals surface area contributed by atoms with E-state index in [0.717, 1.165) is 24.3 Å². The molecule has 2 aromatic carbocycles. The van der Waals surface area contributed by atoms with Crippen molar-refractivity contribution in [2.75, 3.05) is 0 Å². The first-order valence-electron chi connectivity index (χ1n) is 12.1. The second-order valence-corrected chi connectivity index (χ2v) is 8.38. The lowest BCUT2D eigenvalue weighted by molar-refractivity contribution is 0.480. The molecule has 0 aliphatic heterocycles. The summed E-state index contributed by atoms with van der Waals surface area (Å²) in [4.78, 5) is 0. The summed E-state index contributed by atoms with van der Waals surface area (Å²) in [6, 6.07) is 13.5. The first-order valence-corrected chi connectivity index (χ1v) is 12.1. The number of hydrogen-bond acceptors (Lipinski definition) is 1. The van der Waals surface area contributed by atoms with Crippen LogP contribution < -0.4 is 4.74 Å². The molecule has 0 aliphatic rings. The van der Waals surface area contributed by atoms with Gasteiger partial charge in [-0.3, -0.25) is 0 Å². The Balaban J connectivity index is 2.20. The van der Waals surface area contributed by atoms with Crippen molar-refractivity contribution in [3.63, 3.8) is 0 Å². The topological polar surface area (TPSA) is 9.23 Å². The fraction of sp³-hybridized carbons (Fsp3) is 0.571. The SMILES string of the molecule is CCCCc1ccc(Oc2ccc(CCCC)c(CCCC)c2)cc1CCCC. The van der Waals surface area contributed by atoms with Crippen molar-refractivity contribution in [3.05, 3.63) is 58.7 Å². The van der Waals surface area contributed by atoms with E-state index >= 15 is 0 Å². The second-order valence-electron chi connectivity index (χ2n) is 8.38. The van der Waals surface area contributed by atoms with E-state index in [-0.39, 0.29) is 0 Å². The molecule has 2 rings (SSSR count). The van der Waals surface area contributed by atoms with E-state index in [1.165, 1.54) is 86.5 Å². The molecule has 0 atom stereocenters. The Hall–Kier alpha value is -1.76. The van der Waals surface area contributed by atoms with E-state index in [4.69, 9.17) is 4.74 Å². The maximum atomic E-state index is 6.34. The zero-order valence-electron chi connectivity index (χ0n) is 19.4. The van der Waals surface area contributed by atoms with Crippen LogP contribution in [0.25, 0.3) is 0 Å². The Labute approximate surface area is 179 Å². The van der Waals surface area contributed by atoms with E-state index in [1.807, 2.05) is 0 Å². The Morgan fingerprint density at radius 2 is 0.828 bits per heavy atom. The summed E-state index contributed by atoms with van der Waals surface area (Å²) in [6.07, 6.45) is 14.7. The maximum Gasteiger partial charge on any atom is 0.127 e. The van der Waals surface area contributed by atoms with E-state index in [9.17, 15) is 0 Å². The number of rotatable bonds is 14. The van der Waals surface area contributed by atoms with Crippen LogP contribution in [0.4, 0.5) is 0 Å². The molecule has 0 unspecified atom stereocenters. The van der Waals surface area contributed by atoms with Crippen LogP contribution in [0, 0.1) is 0 Å². The van der Waals surface area contributed by atoms with Crippen LogP contribution in [-0.4, -0.2) is 0 Å². The summed E-state index contributed by atoms with van der Waals surface area (Å²) < 4.78 is 6.34. The summed E-state index contributed by atoms with van der Waals surface area (Å²) in [6.45, 7) is 9.07. The van der Waals surface area contributed by atoms with Gasteiger partial charge in [-0.1, -0.05) is 65.5 Å². The molecule has 0 aliphatic carbocycles. The largest absolute Gasteiger partial charge is 0.457 e. The highest BCUT2D eigenvalue weighted by molar-refractivity contribution is 5.41. The van der Waals surface area contributed by atoms with E-state index in [0.29, 0.717) is 0 Å². The number of benzene rings is 2. The molecule has 2 aromatic rings. The van der Waals surface area contributed by atoms with Gasteiger partial charge in [0.2, 0.25) is 0 Å². The third-order valence-electron chi connectivity index (χ3n) is 5.79. The molecule has 0 saturated heterocycles. The molecule has 0 N–H and O–H groups in total. The standard InChI is InChI=1S/C28H42O/c1-5-9-13-23-17-19-27(21-25(23)15-11-7-3)29-28-20-18-24(14-10-6-2)26(22-28)16-12-8-4/h17-22H,5-16H2,1-4H3. The van der Waals surface area contributed by atoms with Crippen molar-refractivity contribution in [2.45, 2.75) is 105 Å². The molecule has 160 valence electrons. The third-order valence-corrected chi connectivity index (χ3v) is 5.79. The van der Waals surface area contributed by atoms with Crippen LogP contribution in [0.15, 0.2) is 36.4 Å². The molecule has 1 nitrogen and oxygen atoms in total. The summed E-state index contributed by atoms with van der Waals surface area (Å²) in [7, 11) is 0. The van der Waals surface area contributed by atoms with Gasteiger partial charge in [-0.15, -0.1) is 0 Å². The average molecular weight is 395 g/mol. The van der Waals surface area contributed by atoms with Crippen LogP contribution in [0.5, 0.6) is 11.5 Å². The highest BCUT2D eigenvalue weighted by Crippen LogP contribution is 2.29. The van der Waals surface area contributed by atoms with Gasteiger partial charge < -0.3 is 4.74 Å². The van der Waals surface area contributed by atoms with Crippen molar-refractivity contribution in [1.29, 1.82) is 0 Å². The molecule has 0 fully saturated rings. The normalized spacial score (nSPS) is 11.0. The molecule has 0 amide bonds. The summed E-state index contributed by atoms with van der Waals surface area (Å²) >= 11 is 0. The average Bonchev–Trinajstić information content (AvgIpc) is 2.74. The molecule has 29 heavy (non-hydrogen) atoms. The minimum absolute atomic E-state index is 0.985. The van der Waals surface area contributed by atoms with Crippen molar-refractivity contribution in [1.82, 2.24) is 0 Å². The van der Waals surface area contributed by atoms with Gasteiger partial charge in [0.15, 0.2) is 0 Å². The molecular formula is C28H42O. The van der Waals surface area contributed by atoms with Crippen LogP contribution >= 0.6 is 0 Å². The van der Waals surface area contributed by atoms with Gasteiger partial charge >= 0.3 is 0 Å². The predicted molar refractivity (Wildman–Crippen MR) is 127 cm³/mol. The fourth-order valence-electron chi connectivity index (χ4n) is 3.89. The van der Waals surface area contributed by atoms with Gasteiger partial charge in [-0.25, -0.2) is 0 Å². The van der Waals surface area contributed by atoms with Gasteiger partial charge in [-0.2, -0.15) is 0 Å². The summed E-state index contributed by atoms with van der Waals surface area (Å²) in [5.74, 6) is 1.97. The van der Waals surface area contributed by atoms with E-state index in [2.05, 4.69) is 64.1 Å². The minimum Gasteiger partial charge on any atom is -0.457 e. The third kappa shape index (κ3) is 7.88. The van der Waals surface area contributed by atoms with Gasteiger partial charge in [-0.05, 0) is 97.9 Å². The van der Waals surface area contributed by atoms with Crippen molar-refractivity contribution in [3.8, 4) is 11.5 Å². The van der Waals surface area contributed by atoms with Gasteiger partial charge in [0.1, 0.15) is 11.5 Å². The first kappa shape index (κ1) is 23.5. The molecule has 0 heterocycles. The Morgan fingerprint density at radius 3 is 1.17 bits per heavy atom. The lowest BCUT2D eigenvalue weighted by atomic mass is 9.97. The van der Waals surface area contributed by atoms with E-state index in [1.54, 1.807) is 0 Å². The van der Waals surface area contributed by atoms with Crippen molar-refractivity contribution < 1.29 is 4.74 Å². The van der Waals surface area contributed by atoms with Gasteiger partial charge in [0, 0.05) is 0 Å². The van der Waals surface area contributed by atoms with Gasteiger partial charge in [0.05, 0.1) is 0 Å². The monoisotopic (exact) mass is 394 g/mol. The lowest BCUT2D eigenvalue weighted by Crippen LogP contribution is -1.98. The van der Waals surface area contributed by atoms with Crippen LogP contribution in [0.2, 0.25) is 0 Å². The first-order chi connectivity index (χ1) is 14.2. The molecule has 0 radical (unpaired) electrons. The zero-order chi connectivity index (χ0) is 20.9. The fourth-order valence-corrected chi connectivity index (χ4v) is 3.89. The van der Waals surface area contributed by atoms with Crippen LogP contribution in [0.3, 0.4) is 0 Å². The number of hydrogen-bond donors (Lipinski definition) is 0. The van der Waals surface area contributed by atoms with Crippen molar-refractivity contribution in [2.24, 2.45) is 0 Å². The zero-order valence-corrected chi connectivity index (χ0v) is 19.4. The Morgan fingerprint density at radius 1 is 0.483 bits per heavy atom. The van der Waals surface area contributed by atoms with Gasteiger partial charge in [0.25, 0.3) is 0 Å². The Kier molecular flexibility index (Phi) is 10.9. The summed E-state index contributed by atoms with van der Waals surface area (Å²) in [5, 5.41) is 0. The molecular weight excluding hydrogens is 352 g/mol. The quantitative estimate of drug-likeness (QED) is 0.311. The molecule has 0 saturated carbocycles. The van der Waals surface area contributed by atoms with Crippen molar-refractivity contribution >= 4 is 0 Å². The smallest absolute Gasteiger partial charge is 0.127 e. The highest BCUT2D eigenvalue weighted by atomic mass is 16.5. The molecule has 0 bridgehead atoms. The predicted octanol–water partition coefficient (Wildman–Crippen LogP) is 8.85. The lowest BCUT2D eigenvalue weighted by Gasteiger charge is -2.15. The minimum atomic E-state index is 0.985. The summed E-state index contributed by atoms with van der Waals surface area (Å²) in [5.41, 5.74) is 5.96. The van der Waals surface area contributed by atoms with Crippen LogP contribution in [0.1, 0.15) is 101 Å². The molecule has 0 aromatic heterocycles. The molecule has 1 heteroatoms. The second kappa shape index (κ2) is 13.5. The molecule has 0 spiro atoms.